The summed E-state index contributed by atoms with van der Waals surface area (Å²) in [5.41, 5.74) is 9.89. The lowest BCUT2D eigenvalue weighted by Crippen LogP contribution is -2.53. The second-order valence-corrected chi connectivity index (χ2v) is 23.2. The number of carbonyl (C=O) groups is 2. The molecule has 6 rings (SSSR count). The Morgan fingerprint density at radius 3 is 1.70 bits per heavy atom. The summed E-state index contributed by atoms with van der Waals surface area (Å²) in [6.45, 7) is 17.8. The molecule has 3 aliphatic heterocycles. The zero-order chi connectivity index (χ0) is 64.4. The van der Waals surface area contributed by atoms with Gasteiger partial charge in [0.05, 0.1) is 149 Å². The van der Waals surface area contributed by atoms with Crippen molar-refractivity contribution in [3.8, 4) is 16.9 Å². The number of guanidine groups is 1. The fraction of sp³-hybridized carbons (Fsp3) is 0.613. The number of fused-ring (bicyclic) bond motifs is 1. The lowest BCUT2D eigenvalue weighted by Gasteiger charge is -2.38. The highest BCUT2D eigenvalue weighted by atomic mass is 32.2. The van der Waals surface area contributed by atoms with Crippen LogP contribution in [0, 0.1) is 29.2 Å². The number of hydrogen-bond donors (Lipinski definition) is 2. The van der Waals surface area contributed by atoms with Crippen molar-refractivity contribution < 1.29 is 87.7 Å². The van der Waals surface area contributed by atoms with E-state index in [1.807, 2.05) is 35.2 Å². The van der Waals surface area contributed by atoms with E-state index < -0.39 is 45.0 Å². The SMILES string of the molecule is CCCN(CCC)C(=O)C1=Cc2ccc(-c3cccc(S(=O)(=O)N4CC(C/N=C(\NCCOCCOCCOCCOCCOCCOCCOCCOCCOCCOCCC(=O)Oc5cc(F)c(F)c(F)c5F)N5CCN(C)CC5)C4)c3)cc2N=C(N)C1. The molecule has 1 amide bonds. The second kappa shape index (κ2) is 41.0. The number of nitrogens with one attached hydrogen (secondary N) is 1. The van der Waals surface area contributed by atoms with Crippen molar-refractivity contribution in [2.24, 2.45) is 21.6 Å². The van der Waals surface area contributed by atoms with Crippen LogP contribution >= 0.6 is 0 Å². The van der Waals surface area contributed by atoms with Gasteiger partial charge in [-0.25, -0.2) is 26.6 Å². The van der Waals surface area contributed by atoms with E-state index in [9.17, 15) is 35.6 Å². The monoisotopic (exact) mass is 1290 g/mol. The number of amides is 1. The van der Waals surface area contributed by atoms with E-state index in [4.69, 9.17) is 58.1 Å². The first-order valence-electron chi connectivity index (χ1n) is 30.8. The number of piperazine rings is 1. The molecule has 3 aromatic carbocycles. The molecule has 0 spiro atoms. The number of amidine groups is 1. The first-order valence-corrected chi connectivity index (χ1v) is 32.2. The average Bonchev–Trinajstić information content (AvgIpc) is 1.17. The largest absolute Gasteiger partial charge is 0.423 e. The minimum absolute atomic E-state index is 0.0302. The average molecular weight is 1300 g/mol. The molecule has 3 aromatic rings. The molecule has 0 atom stereocenters. The molecule has 2 saturated heterocycles. The molecule has 502 valence electrons. The quantitative estimate of drug-likeness (QED) is 0.0106. The maximum atomic E-state index is 13.9. The van der Waals surface area contributed by atoms with Crippen LogP contribution in [0.4, 0.5) is 23.2 Å². The highest BCUT2D eigenvalue weighted by Crippen LogP contribution is 2.34. The number of hydrogen-bond acceptors (Lipinski definition) is 19. The van der Waals surface area contributed by atoms with Gasteiger partial charge in [0.15, 0.2) is 23.3 Å². The van der Waals surface area contributed by atoms with Crippen LogP contribution in [0.2, 0.25) is 0 Å². The highest BCUT2D eigenvalue weighted by molar-refractivity contribution is 7.89. The van der Waals surface area contributed by atoms with E-state index >= 15 is 0 Å². The maximum absolute atomic E-state index is 13.9. The Kier molecular flexibility index (Phi) is 33.4. The van der Waals surface area contributed by atoms with Crippen molar-refractivity contribution in [2.75, 3.05) is 205 Å². The lowest BCUT2D eigenvalue weighted by molar-refractivity contribution is -0.136. The Labute approximate surface area is 526 Å². The fourth-order valence-corrected chi connectivity index (χ4v) is 11.0. The van der Waals surface area contributed by atoms with Crippen molar-refractivity contribution in [3.63, 3.8) is 0 Å². The molecule has 28 heteroatoms. The lowest BCUT2D eigenvalue weighted by atomic mass is 10.0. The van der Waals surface area contributed by atoms with Crippen LogP contribution in [0.3, 0.4) is 0 Å². The zero-order valence-electron chi connectivity index (χ0n) is 52.1. The van der Waals surface area contributed by atoms with E-state index in [2.05, 4.69) is 45.7 Å². The molecule has 0 radical (unpaired) electrons. The van der Waals surface area contributed by atoms with E-state index in [0.717, 1.165) is 61.7 Å². The summed E-state index contributed by atoms with van der Waals surface area (Å²) in [7, 11) is -1.66. The van der Waals surface area contributed by atoms with Gasteiger partial charge in [0.25, 0.3) is 0 Å². The van der Waals surface area contributed by atoms with Crippen LogP contribution in [-0.4, -0.2) is 256 Å². The molecule has 0 aliphatic carbocycles. The number of nitrogens with zero attached hydrogens (tertiary/aromatic N) is 6. The van der Waals surface area contributed by atoms with Crippen LogP contribution in [0.15, 0.2) is 69.0 Å². The Balaban J connectivity index is 0.721. The van der Waals surface area contributed by atoms with E-state index in [-0.39, 0.29) is 55.4 Å². The van der Waals surface area contributed by atoms with Gasteiger partial charge in [-0.2, -0.15) is 8.70 Å². The van der Waals surface area contributed by atoms with Crippen LogP contribution in [0.5, 0.6) is 5.75 Å². The Hall–Kier alpha value is -5.73. The third-order valence-electron chi connectivity index (χ3n) is 14.2. The topological polar surface area (TPSA) is 246 Å². The van der Waals surface area contributed by atoms with Gasteiger partial charge in [-0.05, 0) is 55.3 Å². The second-order valence-electron chi connectivity index (χ2n) is 21.3. The summed E-state index contributed by atoms with van der Waals surface area (Å²) in [5.74, 6) is -8.43. The van der Waals surface area contributed by atoms with Crippen LogP contribution in [0.1, 0.15) is 45.1 Å². The molecule has 3 heterocycles. The molecule has 0 aromatic heterocycles. The van der Waals surface area contributed by atoms with Crippen LogP contribution in [0.25, 0.3) is 17.2 Å². The van der Waals surface area contributed by atoms with Crippen molar-refractivity contribution in [3.05, 3.63) is 82.9 Å². The summed E-state index contributed by atoms with van der Waals surface area (Å²) >= 11 is 0. The van der Waals surface area contributed by atoms with Gasteiger partial charge in [0.1, 0.15) is 5.84 Å². The zero-order valence-corrected chi connectivity index (χ0v) is 52.9. The number of nitrogens with two attached hydrogens (primary N) is 1. The summed E-state index contributed by atoms with van der Waals surface area (Å²) < 4.78 is 142. The number of benzene rings is 3. The number of sulfonamides is 1. The highest BCUT2D eigenvalue weighted by Gasteiger charge is 2.37. The normalized spacial score (nSPS) is 15.1. The third-order valence-corrected chi connectivity index (χ3v) is 16.0. The minimum atomic E-state index is -3.76. The van der Waals surface area contributed by atoms with Gasteiger partial charge >= 0.3 is 5.97 Å². The van der Waals surface area contributed by atoms with E-state index in [1.165, 1.54) is 4.31 Å². The summed E-state index contributed by atoms with van der Waals surface area (Å²) in [5, 5.41) is 3.47. The number of carbonyl (C=O) groups excluding carboxylic acids is 2. The molecule has 0 unspecified atom stereocenters. The van der Waals surface area contributed by atoms with Gasteiger partial charge < -0.3 is 77.9 Å². The smallest absolute Gasteiger partial charge is 0.313 e. The molecule has 3 N–H and O–H groups in total. The Bertz CT molecular complexity index is 2860. The van der Waals surface area contributed by atoms with Crippen LogP contribution in [-0.2, 0) is 67.0 Å². The predicted molar refractivity (Wildman–Crippen MR) is 329 cm³/mol. The number of esters is 1. The standard InChI is InChI=1S/C62H90F4N8O15S/c1-4-13-72(14-5-2)61(76)51-39-50-10-9-49(41-54(50)70-56(67)42-51)48-7-6-8-52(40-48)90(77,78)74-45-47(46-74)44-69-62(73-17-15-71(3)16-18-73)68-12-20-80-22-24-82-26-28-84-30-32-86-34-36-88-38-37-87-35-33-85-31-29-83-27-25-81-23-21-79-19-11-57(75)89-55-43-53(63)58(64)60(66)59(55)65/h6-10,39-41,43,47H,4-5,11-38,42,44-46H2,1-3H3,(H2,67,70)(H,68,69). The van der Waals surface area contributed by atoms with Crippen molar-refractivity contribution in [1.82, 2.24) is 24.3 Å². The first kappa shape index (κ1) is 73.3. The Morgan fingerprint density at radius 2 is 1.17 bits per heavy atom. The van der Waals surface area contributed by atoms with E-state index in [0.29, 0.717) is 169 Å². The summed E-state index contributed by atoms with van der Waals surface area (Å²) in [6.07, 6.45) is 3.52. The minimum Gasteiger partial charge on any atom is -0.423 e. The third kappa shape index (κ3) is 25.4. The predicted octanol–water partition coefficient (Wildman–Crippen LogP) is 5.31. The number of rotatable bonds is 44. The summed E-state index contributed by atoms with van der Waals surface area (Å²) in [4.78, 5) is 41.5. The number of likely N-dealkylation sites (N-methyl/N-ethyl adjacent to an activating group) is 1. The van der Waals surface area contributed by atoms with Crippen LogP contribution < -0.4 is 15.8 Å². The molecular weight excluding hydrogens is 1200 g/mol. The molecule has 23 nitrogen and oxygen atoms in total. The molecule has 0 bridgehead atoms. The molecule has 90 heavy (non-hydrogen) atoms. The van der Waals surface area contributed by atoms with Gasteiger partial charge in [0, 0.05) is 95.0 Å². The van der Waals surface area contributed by atoms with Gasteiger partial charge in [0.2, 0.25) is 27.6 Å². The maximum Gasteiger partial charge on any atom is 0.313 e. The fourth-order valence-electron chi connectivity index (χ4n) is 9.36. The van der Waals surface area contributed by atoms with Gasteiger partial charge in [-0.1, -0.05) is 38.1 Å². The summed E-state index contributed by atoms with van der Waals surface area (Å²) in [6, 6.07) is 12.9. The van der Waals surface area contributed by atoms with Crippen molar-refractivity contribution >= 4 is 45.5 Å². The molecular formula is C62H90F4N8O15S. The van der Waals surface area contributed by atoms with Gasteiger partial charge in [-0.15, -0.1) is 0 Å². The number of aliphatic imine (C=N–C) groups is 2. The molecule has 3 aliphatic rings. The number of ether oxygens (including phenoxy) is 11. The first-order chi connectivity index (χ1) is 43.7. The molecule has 0 saturated carbocycles. The van der Waals surface area contributed by atoms with Crippen molar-refractivity contribution in [1.29, 1.82) is 0 Å². The number of halogens is 4. The Morgan fingerprint density at radius 1 is 0.656 bits per heavy atom. The van der Waals surface area contributed by atoms with Gasteiger partial charge in [-0.3, -0.25) is 14.6 Å². The van der Waals surface area contributed by atoms with E-state index in [1.54, 1.807) is 18.2 Å². The van der Waals surface area contributed by atoms with Crippen molar-refractivity contribution in [2.45, 2.75) is 44.4 Å². The molecule has 2 fully saturated rings.